The summed E-state index contributed by atoms with van der Waals surface area (Å²) in [5.74, 6) is 0.973. The maximum Gasteiger partial charge on any atom is 0.234 e. The largest absolute Gasteiger partial charge is 0.496 e. The van der Waals surface area contributed by atoms with Crippen molar-refractivity contribution < 1.29 is 9.53 Å². The highest BCUT2D eigenvalue weighted by molar-refractivity contribution is 5.78. The van der Waals surface area contributed by atoms with E-state index in [4.69, 9.17) is 4.74 Å². The molecule has 3 rings (SSSR count). The molecule has 6 heteroatoms. The van der Waals surface area contributed by atoms with E-state index in [1.807, 2.05) is 30.3 Å². The lowest BCUT2D eigenvalue weighted by Crippen LogP contribution is -2.49. The molecule has 0 aromatic heterocycles. The molecule has 1 saturated heterocycles. The van der Waals surface area contributed by atoms with Gasteiger partial charge in [-0.1, -0.05) is 36.4 Å². The number of carbonyl (C=O) groups excluding carboxylic acids is 1. The lowest BCUT2D eigenvalue weighted by Gasteiger charge is -2.35. The van der Waals surface area contributed by atoms with Crippen LogP contribution in [0.4, 0.5) is 5.69 Å². The fourth-order valence-corrected chi connectivity index (χ4v) is 3.42. The SMILES string of the molecule is COc1ccccc1CNCCNC(=O)CN1CCN(c2ccccc2)CC1. The van der Waals surface area contributed by atoms with Gasteiger partial charge in [-0.05, 0) is 18.2 Å². The molecule has 28 heavy (non-hydrogen) atoms. The summed E-state index contributed by atoms with van der Waals surface area (Å²) in [6.45, 7) is 6.28. The van der Waals surface area contributed by atoms with Crippen molar-refractivity contribution in [2.24, 2.45) is 0 Å². The first-order valence-corrected chi connectivity index (χ1v) is 9.88. The number of rotatable bonds is 9. The minimum atomic E-state index is 0.0900. The zero-order valence-corrected chi connectivity index (χ0v) is 16.6. The van der Waals surface area contributed by atoms with Crippen molar-refractivity contribution in [2.75, 3.05) is 57.8 Å². The number of hydrogen-bond acceptors (Lipinski definition) is 5. The molecule has 2 aromatic rings. The van der Waals surface area contributed by atoms with Crippen molar-refractivity contribution in [1.29, 1.82) is 0 Å². The average molecular weight is 383 g/mol. The van der Waals surface area contributed by atoms with E-state index < -0.39 is 0 Å². The zero-order chi connectivity index (χ0) is 19.6. The van der Waals surface area contributed by atoms with Crippen LogP contribution in [0.15, 0.2) is 54.6 Å². The topological polar surface area (TPSA) is 56.8 Å². The van der Waals surface area contributed by atoms with Crippen molar-refractivity contribution in [3.8, 4) is 5.75 Å². The molecule has 1 aliphatic rings. The lowest BCUT2D eigenvalue weighted by atomic mass is 10.2. The Morgan fingerprint density at radius 3 is 2.43 bits per heavy atom. The minimum absolute atomic E-state index is 0.0900. The van der Waals surface area contributed by atoms with Crippen molar-refractivity contribution >= 4 is 11.6 Å². The van der Waals surface area contributed by atoms with Gasteiger partial charge in [-0.15, -0.1) is 0 Å². The van der Waals surface area contributed by atoms with Crippen LogP contribution >= 0.6 is 0 Å². The van der Waals surface area contributed by atoms with Gasteiger partial charge >= 0.3 is 0 Å². The Balaban J connectivity index is 1.29. The van der Waals surface area contributed by atoms with Crippen LogP contribution in [0.3, 0.4) is 0 Å². The number of nitrogens with zero attached hydrogens (tertiary/aromatic N) is 2. The van der Waals surface area contributed by atoms with Gasteiger partial charge in [0, 0.05) is 57.1 Å². The van der Waals surface area contributed by atoms with Gasteiger partial charge < -0.3 is 20.3 Å². The van der Waals surface area contributed by atoms with Gasteiger partial charge in [-0.3, -0.25) is 9.69 Å². The zero-order valence-electron chi connectivity index (χ0n) is 16.6. The van der Waals surface area contributed by atoms with Gasteiger partial charge in [-0.25, -0.2) is 0 Å². The Hall–Kier alpha value is -2.57. The highest BCUT2D eigenvalue weighted by Gasteiger charge is 2.18. The first-order chi connectivity index (χ1) is 13.8. The number of para-hydroxylation sites is 2. The fourth-order valence-electron chi connectivity index (χ4n) is 3.42. The summed E-state index contributed by atoms with van der Waals surface area (Å²) in [4.78, 5) is 16.8. The second kappa shape index (κ2) is 10.7. The normalized spacial score (nSPS) is 14.7. The van der Waals surface area contributed by atoms with Crippen LogP contribution in [0.5, 0.6) is 5.75 Å². The number of ether oxygens (including phenoxy) is 1. The Kier molecular flexibility index (Phi) is 7.70. The summed E-state index contributed by atoms with van der Waals surface area (Å²) >= 11 is 0. The molecule has 0 atom stereocenters. The first kappa shape index (κ1) is 20.2. The van der Waals surface area contributed by atoms with E-state index in [-0.39, 0.29) is 5.91 Å². The van der Waals surface area contributed by atoms with Gasteiger partial charge in [0.2, 0.25) is 5.91 Å². The summed E-state index contributed by atoms with van der Waals surface area (Å²) < 4.78 is 5.34. The highest BCUT2D eigenvalue weighted by Crippen LogP contribution is 2.16. The van der Waals surface area contributed by atoms with Crippen LogP contribution in [0.25, 0.3) is 0 Å². The molecular formula is C22H30N4O2. The predicted octanol–water partition coefficient (Wildman–Crippen LogP) is 1.72. The van der Waals surface area contributed by atoms with Crippen LogP contribution in [0, 0.1) is 0 Å². The van der Waals surface area contributed by atoms with E-state index >= 15 is 0 Å². The first-order valence-electron chi connectivity index (χ1n) is 9.88. The lowest BCUT2D eigenvalue weighted by molar-refractivity contribution is -0.122. The molecule has 0 aliphatic carbocycles. The second-order valence-electron chi connectivity index (χ2n) is 6.94. The molecule has 0 saturated carbocycles. The Morgan fingerprint density at radius 1 is 0.964 bits per heavy atom. The van der Waals surface area contributed by atoms with Crippen LogP contribution in [-0.4, -0.2) is 63.7 Å². The minimum Gasteiger partial charge on any atom is -0.496 e. The van der Waals surface area contributed by atoms with Gasteiger partial charge in [0.25, 0.3) is 0 Å². The van der Waals surface area contributed by atoms with E-state index in [9.17, 15) is 4.79 Å². The second-order valence-corrected chi connectivity index (χ2v) is 6.94. The summed E-state index contributed by atoms with van der Waals surface area (Å²) in [6, 6.07) is 18.4. The van der Waals surface area contributed by atoms with E-state index in [1.165, 1.54) is 5.69 Å². The number of hydrogen-bond donors (Lipinski definition) is 2. The van der Waals surface area contributed by atoms with Crippen LogP contribution in [0.2, 0.25) is 0 Å². The summed E-state index contributed by atoms with van der Waals surface area (Å²) in [5.41, 5.74) is 2.38. The number of amides is 1. The monoisotopic (exact) mass is 382 g/mol. The number of carbonyl (C=O) groups is 1. The van der Waals surface area contributed by atoms with E-state index in [1.54, 1.807) is 7.11 Å². The third-order valence-electron chi connectivity index (χ3n) is 4.99. The average Bonchev–Trinajstić information content (AvgIpc) is 2.75. The van der Waals surface area contributed by atoms with Gasteiger partial charge in [0.1, 0.15) is 5.75 Å². The molecular weight excluding hydrogens is 352 g/mol. The molecule has 150 valence electrons. The van der Waals surface area contributed by atoms with Crippen LogP contribution in [0.1, 0.15) is 5.56 Å². The molecule has 0 spiro atoms. The molecule has 1 fully saturated rings. The maximum atomic E-state index is 12.2. The smallest absolute Gasteiger partial charge is 0.234 e. The van der Waals surface area contributed by atoms with Crippen LogP contribution < -0.4 is 20.3 Å². The number of anilines is 1. The van der Waals surface area contributed by atoms with Crippen molar-refractivity contribution in [3.63, 3.8) is 0 Å². The number of benzene rings is 2. The summed E-state index contributed by atoms with van der Waals surface area (Å²) in [6.07, 6.45) is 0. The summed E-state index contributed by atoms with van der Waals surface area (Å²) in [7, 11) is 1.68. The Morgan fingerprint density at radius 2 is 1.68 bits per heavy atom. The number of nitrogens with one attached hydrogen (secondary N) is 2. The summed E-state index contributed by atoms with van der Waals surface area (Å²) in [5, 5.41) is 6.34. The van der Waals surface area contributed by atoms with Crippen molar-refractivity contribution in [1.82, 2.24) is 15.5 Å². The van der Waals surface area contributed by atoms with Crippen molar-refractivity contribution in [3.05, 3.63) is 60.2 Å². The molecule has 1 aliphatic heterocycles. The van der Waals surface area contributed by atoms with Gasteiger partial charge in [-0.2, -0.15) is 0 Å². The van der Waals surface area contributed by atoms with Gasteiger partial charge in [0.05, 0.1) is 13.7 Å². The molecule has 0 radical (unpaired) electrons. The standard InChI is InChI=1S/C22H30N4O2/c1-28-21-10-6-5-7-19(21)17-23-11-12-24-22(27)18-25-13-15-26(16-14-25)20-8-3-2-4-9-20/h2-10,23H,11-18H2,1H3,(H,24,27). The molecule has 6 nitrogen and oxygen atoms in total. The molecule has 0 bridgehead atoms. The third-order valence-corrected chi connectivity index (χ3v) is 4.99. The molecule has 2 aromatic carbocycles. The molecule has 1 heterocycles. The number of methoxy groups -OCH3 is 1. The quantitative estimate of drug-likeness (QED) is 0.647. The Bertz CT molecular complexity index is 730. The molecule has 1 amide bonds. The maximum absolute atomic E-state index is 12.2. The Labute approximate surface area is 167 Å². The number of piperazine rings is 1. The molecule has 2 N–H and O–H groups in total. The van der Waals surface area contributed by atoms with E-state index in [2.05, 4.69) is 44.7 Å². The van der Waals surface area contributed by atoms with E-state index in [0.717, 1.165) is 50.6 Å². The third kappa shape index (κ3) is 5.97. The van der Waals surface area contributed by atoms with E-state index in [0.29, 0.717) is 13.1 Å². The van der Waals surface area contributed by atoms with Crippen LogP contribution in [-0.2, 0) is 11.3 Å². The van der Waals surface area contributed by atoms with Gasteiger partial charge in [0.15, 0.2) is 0 Å². The molecule has 0 unspecified atom stereocenters. The van der Waals surface area contributed by atoms with Crippen molar-refractivity contribution in [2.45, 2.75) is 6.54 Å². The fraction of sp³-hybridized carbons (Fsp3) is 0.409. The predicted molar refractivity (Wildman–Crippen MR) is 113 cm³/mol. The highest BCUT2D eigenvalue weighted by atomic mass is 16.5.